The number of amides is 1. The Morgan fingerprint density at radius 1 is 1.29 bits per heavy atom. The fourth-order valence-electron chi connectivity index (χ4n) is 3.03. The first kappa shape index (κ1) is 21.0. The first-order valence-electron chi connectivity index (χ1n) is 9.95. The van der Waals surface area contributed by atoms with Gasteiger partial charge < -0.3 is 14.4 Å². The lowest BCUT2D eigenvalue weighted by molar-refractivity contribution is 0.0270. The highest BCUT2D eigenvalue weighted by atomic mass is 32.1. The van der Waals surface area contributed by atoms with Crippen molar-refractivity contribution in [2.45, 2.75) is 39.4 Å². The number of rotatable bonds is 5. The van der Waals surface area contributed by atoms with Crippen LogP contribution in [0.5, 0.6) is 5.75 Å². The summed E-state index contributed by atoms with van der Waals surface area (Å²) in [7, 11) is 0. The molecule has 10 heteroatoms. The molecule has 0 spiro atoms. The second kappa shape index (κ2) is 8.84. The van der Waals surface area contributed by atoms with E-state index in [0.29, 0.717) is 25.4 Å². The highest BCUT2D eigenvalue weighted by molar-refractivity contribution is 7.10. The van der Waals surface area contributed by atoms with Gasteiger partial charge in [-0.25, -0.2) is 14.5 Å². The summed E-state index contributed by atoms with van der Waals surface area (Å²) in [5.41, 5.74) is 2.35. The highest BCUT2D eigenvalue weighted by Gasteiger charge is 2.24. The minimum absolute atomic E-state index is 0.278. The highest BCUT2D eigenvalue weighted by Crippen LogP contribution is 2.27. The molecule has 3 aromatic rings. The third-order valence-corrected chi connectivity index (χ3v) is 5.47. The predicted molar refractivity (Wildman–Crippen MR) is 116 cm³/mol. The van der Waals surface area contributed by atoms with Gasteiger partial charge in [0.15, 0.2) is 0 Å². The van der Waals surface area contributed by atoms with E-state index >= 15 is 0 Å². The molecular weight excluding hydrogens is 416 g/mol. The van der Waals surface area contributed by atoms with Crippen molar-refractivity contribution < 1.29 is 14.3 Å². The minimum atomic E-state index is -0.489. The molecule has 0 bridgehead atoms. The summed E-state index contributed by atoms with van der Waals surface area (Å²) in [5, 5.41) is 14.1. The third-order valence-electron chi connectivity index (χ3n) is 4.51. The van der Waals surface area contributed by atoms with Crippen LogP contribution in [0.4, 0.5) is 4.79 Å². The topological polar surface area (TPSA) is 95.3 Å². The average Bonchev–Trinajstić information content (AvgIpc) is 3.44. The van der Waals surface area contributed by atoms with Crippen LogP contribution in [-0.4, -0.2) is 54.9 Å². The predicted octanol–water partition coefficient (Wildman–Crippen LogP) is 3.72. The molecule has 2 aromatic heterocycles. The van der Waals surface area contributed by atoms with Crippen molar-refractivity contribution in [1.29, 1.82) is 0 Å². The van der Waals surface area contributed by atoms with Crippen molar-refractivity contribution in [3.05, 3.63) is 52.8 Å². The zero-order chi connectivity index (χ0) is 21.8. The number of tetrazole rings is 1. The first-order chi connectivity index (χ1) is 14.9. The molecule has 0 N–H and O–H groups in total. The second-order valence-corrected chi connectivity index (χ2v) is 8.95. The molecule has 1 aliphatic rings. The minimum Gasteiger partial charge on any atom is -0.487 e. The smallest absolute Gasteiger partial charge is 0.410 e. The first-order valence-corrected chi connectivity index (χ1v) is 10.8. The molecule has 9 nitrogen and oxygen atoms in total. The Morgan fingerprint density at radius 2 is 2.16 bits per heavy atom. The number of carbonyl (C=O) groups is 1. The van der Waals surface area contributed by atoms with E-state index in [2.05, 4.69) is 15.5 Å². The Bertz CT molecular complexity index is 1070. The molecule has 3 heterocycles. The van der Waals surface area contributed by atoms with Gasteiger partial charge in [0.25, 0.3) is 0 Å². The Labute approximate surface area is 184 Å². The zero-order valence-corrected chi connectivity index (χ0v) is 18.5. The maximum Gasteiger partial charge on any atom is 0.410 e. The number of thiazole rings is 1. The SMILES string of the molecule is CC(C)(C)OC(=O)N1CC=C(c2nc(COc3cccc(-n4cnnn4)c3)cs2)CC1. The summed E-state index contributed by atoms with van der Waals surface area (Å²) in [4.78, 5) is 18.6. The van der Waals surface area contributed by atoms with Crippen molar-refractivity contribution in [3.63, 3.8) is 0 Å². The maximum absolute atomic E-state index is 12.2. The lowest BCUT2D eigenvalue weighted by Gasteiger charge is -2.29. The summed E-state index contributed by atoms with van der Waals surface area (Å²) < 4.78 is 12.9. The van der Waals surface area contributed by atoms with Crippen molar-refractivity contribution >= 4 is 23.0 Å². The third kappa shape index (κ3) is 5.46. The monoisotopic (exact) mass is 440 g/mol. The van der Waals surface area contributed by atoms with Crippen LogP contribution in [0.25, 0.3) is 11.3 Å². The number of hydrogen-bond acceptors (Lipinski definition) is 8. The molecule has 0 radical (unpaired) electrons. The molecule has 1 aromatic carbocycles. The summed E-state index contributed by atoms with van der Waals surface area (Å²) in [6.07, 6.45) is 4.06. The van der Waals surface area contributed by atoms with Crippen molar-refractivity contribution in [3.8, 4) is 11.4 Å². The van der Waals surface area contributed by atoms with Gasteiger partial charge in [0.2, 0.25) is 0 Å². The Kier molecular flexibility index (Phi) is 5.99. The summed E-state index contributed by atoms with van der Waals surface area (Å²) >= 11 is 1.59. The van der Waals surface area contributed by atoms with E-state index in [-0.39, 0.29) is 6.09 Å². The van der Waals surface area contributed by atoms with E-state index < -0.39 is 5.60 Å². The molecule has 0 unspecified atom stereocenters. The van der Waals surface area contributed by atoms with Gasteiger partial charge in [-0.05, 0) is 55.3 Å². The summed E-state index contributed by atoms with van der Waals surface area (Å²) in [6.45, 7) is 7.13. The average molecular weight is 441 g/mol. The van der Waals surface area contributed by atoms with E-state index in [1.807, 2.05) is 56.5 Å². The molecule has 0 aliphatic carbocycles. The Morgan fingerprint density at radius 3 is 2.87 bits per heavy atom. The maximum atomic E-state index is 12.2. The number of aromatic nitrogens is 5. The summed E-state index contributed by atoms with van der Waals surface area (Å²) in [5.74, 6) is 0.715. The lowest BCUT2D eigenvalue weighted by atomic mass is 10.1. The van der Waals surface area contributed by atoms with Crippen LogP contribution in [0.3, 0.4) is 0 Å². The van der Waals surface area contributed by atoms with Gasteiger partial charge in [0.05, 0.1) is 11.4 Å². The van der Waals surface area contributed by atoms with Crippen LogP contribution in [0.1, 0.15) is 37.9 Å². The fourth-order valence-corrected chi connectivity index (χ4v) is 3.90. The molecule has 0 atom stereocenters. The van der Waals surface area contributed by atoms with E-state index in [1.54, 1.807) is 20.9 Å². The standard InChI is InChI=1S/C21H24N6O3S/c1-21(2,3)30-20(28)26-9-7-15(8-10-26)19-23-16(13-31-19)12-29-18-6-4-5-17(11-18)27-14-22-24-25-27/h4-7,11,13-14H,8-10,12H2,1-3H3. The van der Waals surface area contributed by atoms with Gasteiger partial charge in [-0.3, -0.25) is 0 Å². The zero-order valence-electron chi connectivity index (χ0n) is 17.7. The van der Waals surface area contributed by atoms with Gasteiger partial charge in [0, 0.05) is 24.5 Å². The van der Waals surface area contributed by atoms with Crippen LogP contribution >= 0.6 is 11.3 Å². The van der Waals surface area contributed by atoms with Gasteiger partial charge >= 0.3 is 6.09 Å². The fraction of sp³-hybridized carbons (Fsp3) is 0.381. The Hall–Kier alpha value is -3.27. The number of ether oxygens (including phenoxy) is 2. The molecule has 162 valence electrons. The van der Waals surface area contributed by atoms with E-state index in [9.17, 15) is 4.79 Å². The van der Waals surface area contributed by atoms with E-state index in [0.717, 1.165) is 28.4 Å². The largest absolute Gasteiger partial charge is 0.487 e. The van der Waals surface area contributed by atoms with Gasteiger partial charge in [-0.1, -0.05) is 12.1 Å². The normalized spacial score (nSPS) is 14.3. The molecule has 1 amide bonds. The van der Waals surface area contributed by atoms with Crippen LogP contribution < -0.4 is 4.74 Å². The lowest BCUT2D eigenvalue weighted by Crippen LogP contribution is -2.39. The molecule has 1 aliphatic heterocycles. The molecule has 0 saturated heterocycles. The number of nitrogens with zero attached hydrogens (tertiary/aromatic N) is 6. The quantitative estimate of drug-likeness (QED) is 0.597. The molecule has 31 heavy (non-hydrogen) atoms. The Balaban J connectivity index is 1.34. The van der Waals surface area contributed by atoms with Gasteiger partial charge in [0.1, 0.15) is 29.3 Å². The van der Waals surface area contributed by atoms with Crippen LogP contribution in [0.15, 0.2) is 42.0 Å². The number of hydrogen-bond donors (Lipinski definition) is 0. The molecular formula is C21H24N6O3S. The molecule has 0 saturated carbocycles. The van der Waals surface area contributed by atoms with Crippen LogP contribution in [-0.2, 0) is 11.3 Å². The van der Waals surface area contributed by atoms with Gasteiger partial charge in [-0.2, -0.15) is 0 Å². The number of benzene rings is 1. The van der Waals surface area contributed by atoms with E-state index in [4.69, 9.17) is 14.5 Å². The molecule has 4 rings (SSSR count). The van der Waals surface area contributed by atoms with E-state index in [1.165, 1.54) is 6.33 Å². The van der Waals surface area contributed by atoms with Crippen molar-refractivity contribution in [2.24, 2.45) is 0 Å². The number of carbonyl (C=O) groups excluding carboxylic acids is 1. The van der Waals surface area contributed by atoms with Crippen LogP contribution in [0, 0.1) is 0 Å². The van der Waals surface area contributed by atoms with Crippen molar-refractivity contribution in [2.75, 3.05) is 13.1 Å². The summed E-state index contributed by atoms with van der Waals surface area (Å²) in [6, 6.07) is 7.55. The van der Waals surface area contributed by atoms with Crippen LogP contribution in [0.2, 0.25) is 0 Å². The second-order valence-electron chi connectivity index (χ2n) is 8.09. The van der Waals surface area contributed by atoms with Gasteiger partial charge in [-0.15, -0.1) is 16.4 Å². The van der Waals surface area contributed by atoms with Crippen molar-refractivity contribution in [1.82, 2.24) is 30.1 Å². The molecule has 0 fully saturated rings.